The van der Waals surface area contributed by atoms with Crippen molar-refractivity contribution in [3.05, 3.63) is 0 Å². The van der Waals surface area contributed by atoms with Gasteiger partial charge in [0.15, 0.2) is 0 Å². The summed E-state index contributed by atoms with van der Waals surface area (Å²) >= 11 is 0. The van der Waals surface area contributed by atoms with E-state index < -0.39 is 17.4 Å². The molecular weight excluding hydrogens is 389 g/mol. The van der Waals surface area contributed by atoms with E-state index in [1.165, 1.54) is 51.4 Å². The lowest BCUT2D eigenvalue weighted by Crippen LogP contribution is -2.25. The molecule has 0 aliphatic heterocycles. The van der Waals surface area contributed by atoms with Gasteiger partial charge in [0, 0.05) is 13.3 Å². The summed E-state index contributed by atoms with van der Waals surface area (Å²) in [6, 6.07) is 0.358. The van der Waals surface area contributed by atoms with Crippen LogP contribution >= 0.6 is 7.26 Å². The van der Waals surface area contributed by atoms with E-state index >= 15 is 0 Å². The van der Waals surface area contributed by atoms with Crippen LogP contribution in [0.4, 0.5) is 0 Å². The molecule has 0 fully saturated rings. The van der Waals surface area contributed by atoms with E-state index in [-0.39, 0.29) is 5.75 Å². The number of hydrogen-bond donors (Lipinski definition) is 2. The first-order valence-electron chi connectivity index (χ1n) is 11.7. The third kappa shape index (κ3) is 21.0. The summed E-state index contributed by atoms with van der Waals surface area (Å²) in [5.41, 5.74) is 0. The van der Waals surface area contributed by atoms with E-state index in [1.807, 2.05) is 13.8 Å². The molecule has 0 aliphatic rings. The SMILES string of the molecule is CC(C)NCCCS(=O)(=O)O.CCCC[P+](CCCC)(CCCC)CCCC. The average Bonchev–Trinajstić information content (AvgIpc) is 2.64. The summed E-state index contributed by atoms with van der Waals surface area (Å²) in [6.45, 7) is 14.0. The molecule has 0 radical (unpaired) electrons. The fraction of sp³-hybridized carbons (Fsp3) is 1.00. The summed E-state index contributed by atoms with van der Waals surface area (Å²) in [6.07, 6.45) is 18.4. The Hall–Kier alpha value is 0.300. The Kier molecular flexibility index (Phi) is 21.0. The standard InChI is InChI=1S/C16H36P.C6H15NO3S/c1-5-9-13-17(14-10-6-2,15-11-7-3)16-12-8-4;1-6(2)7-4-3-5-11(8,9)10/h5-16H2,1-4H3;6-7H,3-5H2,1-2H3,(H,8,9,10)/q+1;. The molecule has 0 saturated heterocycles. The van der Waals surface area contributed by atoms with Crippen molar-refractivity contribution in [2.75, 3.05) is 36.9 Å². The van der Waals surface area contributed by atoms with Crippen LogP contribution in [-0.2, 0) is 10.1 Å². The molecule has 0 atom stereocenters. The maximum Gasteiger partial charge on any atom is 0.264 e. The molecule has 0 spiro atoms. The van der Waals surface area contributed by atoms with Gasteiger partial charge in [0.2, 0.25) is 0 Å². The fourth-order valence-corrected chi connectivity index (χ4v) is 9.09. The number of nitrogens with one attached hydrogen (secondary N) is 1. The first kappa shape index (κ1) is 30.5. The van der Waals surface area contributed by atoms with Gasteiger partial charge in [-0.2, -0.15) is 8.42 Å². The van der Waals surface area contributed by atoms with E-state index in [9.17, 15) is 8.42 Å². The quantitative estimate of drug-likeness (QED) is 0.155. The highest BCUT2D eigenvalue weighted by molar-refractivity contribution is 7.85. The van der Waals surface area contributed by atoms with E-state index in [1.54, 1.807) is 24.6 Å². The minimum absolute atomic E-state index is 0.160. The molecule has 6 heteroatoms. The molecule has 0 aromatic carbocycles. The zero-order chi connectivity index (χ0) is 21.9. The van der Waals surface area contributed by atoms with Gasteiger partial charge in [-0.15, -0.1) is 0 Å². The third-order valence-corrected chi connectivity index (χ3v) is 10.9. The summed E-state index contributed by atoms with van der Waals surface area (Å²) < 4.78 is 28.7. The second-order valence-electron chi connectivity index (χ2n) is 8.40. The Labute approximate surface area is 178 Å². The second kappa shape index (κ2) is 19.3. The maximum absolute atomic E-state index is 10.2. The number of unbranched alkanes of at least 4 members (excludes halogenated alkanes) is 4. The van der Waals surface area contributed by atoms with Crippen LogP contribution < -0.4 is 5.32 Å². The van der Waals surface area contributed by atoms with Crippen LogP contribution in [0.3, 0.4) is 0 Å². The van der Waals surface area contributed by atoms with Gasteiger partial charge in [0.1, 0.15) is 0 Å². The van der Waals surface area contributed by atoms with Crippen LogP contribution in [0.25, 0.3) is 0 Å². The molecule has 0 bridgehead atoms. The molecule has 4 nitrogen and oxygen atoms in total. The van der Waals surface area contributed by atoms with Crippen molar-refractivity contribution >= 4 is 17.4 Å². The van der Waals surface area contributed by atoms with Gasteiger partial charge in [0.05, 0.1) is 30.4 Å². The van der Waals surface area contributed by atoms with Crippen LogP contribution in [0.15, 0.2) is 0 Å². The van der Waals surface area contributed by atoms with Crippen molar-refractivity contribution in [3.8, 4) is 0 Å². The summed E-state index contributed by atoms with van der Waals surface area (Å²) in [4.78, 5) is 0. The van der Waals surface area contributed by atoms with Crippen LogP contribution in [0, 0.1) is 0 Å². The first-order chi connectivity index (χ1) is 13.2. The minimum Gasteiger partial charge on any atom is -0.314 e. The van der Waals surface area contributed by atoms with Crippen molar-refractivity contribution < 1.29 is 13.0 Å². The van der Waals surface area contributed by atoms with Crippen molar-refractivity contribution in [1.29, 1.82) is 0 Å². The highest BCUT2D eigenvalue weighted by Crippen LogP contribution is 2.61. The Morgan fingerprint density at radius 1 is 0.750 bits per heavy atom. The van der Waals surface area contributed by atoms with Crippen LogP contribution in [0.5, 0.6) is 0 Å². The summed E-state index contributed by atoms with van der Waals surface area (Å²) in [7, 11) is -4.32. The Morgan fingerprint density at radius 3 is 1.36 bits per heavy atom. The van der Waals surface area contributed by atoms with Gasteiger partial charge in [-0.25, -0.2) is 0 Å². The van der Waals surface area contributed by atoms with Gasteiger partial charge < -0.3 is 5.32 Å². The van der Waals surface area contributed by atoms with Gasteiger partial charge >= 0.3 is 0 Å². The predicted molar refractivity (Wildman–Crippen MR) is 130 cm³/mol. The Balaban J connectivity index is 0. The molecule has 0 heterocycles. The predicted octanol–water partition coefficient (Wildman–Crippen LogP) is 6.47. The smallest absolute Gasteiger partial charge is 0.264 e. The van der Waals surface area contributed by atoms with Crippen LogP contribution in [0.1, 0.15) is 99.3 Å². The van der Waals surface area contributed by atoms with E-state index in [2.05, 4.69) is 33.0 Å². The van der Waals surface area contributed by atoms with Crippen LogP contribution in [0.2, 0.25) is 0 Å². The fourth-order valence-electron chi connectivity index (χ4n) is 3.29. The van der Waals surface area contributed by atoms with Gasteiger partial charge in [-0.1, -0.05) is 67.2 Å². The Morgan fingerprint density at radius 2 is 1.11 bits per heavy atom. The van der Waals surface area contributed by atoms with E-state index in [0.717, 1.165) is 0 Å². The van der Waals surface area contributed by atoms with E-state index in [4.69, 9.17) is 4.55 Å². The molecule has 0 aliphatic carbocycles. The lowest BCUT2D eigenvalue weighted by atomic mass is 10.4. The van der Waals surface area contributed by atoms with Crippen molar-refractivity contribution in [1.82, 2.24) is 5.32 Å². The first-order valence-corrected chi connectivity index (χ1v) is 15.8. The summed E-state index contributed by atoms with van der Waals surface area (Å²) in [5.74, 6) is -0.160. The highest BCUT2D eigenvalue weighted by atomic mass is 32.2. The molecule has 28 heavy (non-hydrogen) atoms. The molecule has 0 aromatic rings. The van der Waals surface area contributed by atoms with Gasteiger partial charge in [0.25, 0.3) is 10.1 Å². The zero-order valence-electron chi connectivity index (χ0n) is 19.8. The molecule has 0 rings (SSSR count). The minimum atomic E-state index is -3.76. The van der Waals surface area contributed by atoms with Crippen molar-refractivity contribution in [2.45, 2.75) is 105 Å². The Bertz CT molecular complexity index is 390. The molecule has 0 amide bonds. The monoisotopic (exact) mass is 440 g/mol. The maximum atomic E-state index is 10.2. The second-order valence-corrected chi connectivity index (χ2v) is 14.4. The third-order valence-electron chi connectivity index (χ3n) is 5.08. The number of hydrogen-bond acceptors (Lipinski definition) is 3. The lowest BCUT2D eigenvalue weighted by molar-refractivity contribution is 0.478. The molecule has 2 N–H and O–H groups in total. The number of rotatable bonds is 17. The molecule has 0 saturated carbocycles. The highest BCUT2D eigenvalue weighted by Gasteiger charge is 2.34. The van der Waals surface area contributed by atoms with Gasteiger partial charge in [-0.05, 0) is 38.6 Å². The molecule has 0 aromatic heterocycles. The normalized spacial score (nSPS) is 12.1. The average molecular weight is 441 g/mol. The van der Waals surface area contributed by atoms with Crippen molar-refractivity contribution in [3.63, 3.8) is 0 Å². The lowest BCUT2D eigenvalue weighted by Gasteiger charge is -2.28. The van der Waals surface area contributed by atoms with Crippen molar-refractivity contribution in [2.24, 2.45) is 0 Å². The topological polar surface area (TPSA) is 66.4 Å². The summed E-state index contributed by atoms with van der Waals surface area (Å²) in [5, 5.41) is 3.04. The molecular formula is C22H51NO3PS+. The largest absolute Gasteiger partial charge is 0.314 e. The van der Waals surface area contributed by atoms with Gasteiger partial charge in [-0.3, -0.25) is 4.55 Å². The van der Waals surface area contributed by atoms with E-state index in [0.29, 0.717) is 19.0 Å². The van der Waals surface area contributed by atoms with Crippen LogP contribution in [-0.4, -0.2) is 56.0 Å². The molecule has 172 valence electrons. The molecule has 0 unspecified atom stereocenters. The zero-order valence-corrected chi connectivity index (χ0v) is 21.5.